The predicted molar refractivity (Wildman–Crippen MR) is 96.5 cm³/mol. The summed E-state index contributed by atoms with van der Waals surface area (Å²) in [5.41, 5.74) is 0.719. The van der Waals surface area contributed by atoms with Crippen molar-refractivity contribution in [3.8, 4) is 5.75 Å². The molecule has 2 amide bonds. The van der Waals surface area contributed by atoms with Gasteiger partial charge in [-0.15, -0.1) is 0 Å². The minimum Gasteiger partial charge on any atom is -0.497 e. The molecule has 2 aliphatic heterocycles. The van der Waals surface area contributed by atoms with E-state index in [0.29, 0.717) is 25.4 Å². The summed E-state index contributed by atoms with van der Waals surface area (Å²) in [6, 6.07) is 7.29. The molecule has 6 heteroatoms. The van der Waals surface area contributed by atoms with Crippen LogP contribution in [0.5, 0.6) is 5.75 Å². The molecule has 0 bridgehead atoms. The van der Waals surface area contributed by atoms with Crippen LogP contribution >= 0.6 is 0 Å². The van der Waals surface area contributed by atoms with Gasteiger partial charge in [0.25, 0.3) is 0 Å². The SMILES string of the molecule is COc1cccc(NC(=O)C2CN(C(=O)CN3CCC(C)CC3)C2)c1. The number of carbonyl (C=O) groups is 2. The Morgan fingerprint density at radius 2 is 1.96 bits per heavy atom. The van der Waals surface area contributed by atoms with Gasteiger partial charge in [-0.2, -0.15) is 0 Å². The van der Waals surface area contributed by atoms with Crippen molar-refractivity contribution in [1.82, 2.24) is 9.80 Å². The Kier molecular flexibility index (Phi) is 5.58. The molecule has 0 radical (unpaired) electrons. The third-order valence-electron chi connectivity index (χ3n) is 5.18. The van der Waals surface area contributed by atoms with Crippen LogP contribution in [-0.4, -0.2) is 61.4 Å². The third kappa shape index (κ3) is 4.51. The van der Waals surface area contributed by atoms with Crippen LogP contribution < -0.4 is 10.1 Å². The lowest BCUT2D eigenvalue weighted by atomic mass is 9.97. The number of anilines is 1. The fourth-order valence-corrected chi connectivity index (χ4v) is 3.30. The molecule has 0 atom stereocenters. The average molecular weight is 345 g/mol. The number of ether oxygens (including phenoxy) is 1. The number of nitrogens with one attached hydrogen (secondary N) is 1. The highest BCUT2D eigenvalue weighted by molar-refractivity contribution is 5.95. The zero-order valence-corrected chi connectivity index (χ0v) is 15.0. The van der Waals surface area contributed by atoms with E-state index in [4.69, 9.17) is 4.74 Å². The number of rotatable bonds is 5. The standard InChI is InChI=1S/C19H27N3O3/c1-14-6-8-21(9-7-14)13-18(23)22-11-15(12-22)19(24)20-16-4-3-5-17(10-16)25-2/h3-5,10,14-15H,6-9,11-13H2,1-2H3,(H,20,24). The van der Waals surface area contributed by atoms with E-state index in [-0.39, 0.29) is 17.7 Å². The molecule has 0 unspecified atom stereocenters. The van der Waals surface area contributed by atoms with Gasteiger partial charge in [-0.25, -0.2) is 0 Å². The summed E-state index contributed by atoms with van der Waals surface area (Å²) in [6.45, 7) is 5.77. The van der Waals surface area contributed by atoms with Crippen LogP contribution in [0.1, 0.15) is 19.8 Å². The minimum atomic E-state index is -0.128. The highest BCUT2D eigenvalue weighted by Gasteiger charge is 2.36. The molecule has 0 saturated carbocycles. The molecule has 6 nitrogen and oxygen atoms in total. The van der Waals surface area contributed by atoms with Crippen molar-refractivity contribution in [2.75, 3.05) is 45.2 Å². The molecule has 1 N–H and O–H groups in total. The summed E-state index contributed by atoms with van der Waals surface area (Å²) in [6.07, 6.45) is 2.33. The highest BCUT2D eigenvalue weighted by Crippen LogP contribution is 2.22. The molecule has 2 fully saturated rings. The molecular formula is C19H27N3O3. The van der Waals surface area contributed by atoms with Crippen LogP contribution in [0, 0.1) is 11.8 Å². The Morgan fingerprint density at radius 1 is 1.24 bits per heavy atom. The molecule has 136 valence electrons. The van der Waals surface area contributed by atoms with Gasteiger partial charge in [0, 0.05) is 24.8 Å². The van der Waals surface area contributed by atoms with E-state index < -0.39 is 0 Å². The quantitative estimate of drug-likeness (QED) is 0.884. The molecule has 0 aliphatic carbocycles. The minimum absolute atomic E-state index is 0.0379. The third-order valence-corrected chi connectivity index (χ3v) is 5.18. The van der Waals surface area contributed by atoms with E-state index in [1.54, 1.807) is 18.1 Å². The second kappa shape index (κ2) is 7.87. The van der Waals surface area contributed by atoms with Gasteiger partial charge in [0.1, 0.15) is 5.75 Å². The summed E-state index contributed by atoms with van der Waals surface area (Å²) in [4.78, 5) is 28.6. The maximum atomic E-state index is 12.3. The van der Waals surface area contributed by atoms with Gasteiger partial charge >= 0.3 is 0 Å². The number of methoxy groups -OCH3 is 1. The van der Waals surface area contributed by atoms with Crippen molar-refractivity contribution in [2.24, 2.45) is 11.8 Å². The summed E-state index contributed by atoms with van der Waals surface area (Å²) >= 11 is 0. The molecule has 25 heavy (non-hydrogen) atoms. The van der Waals surface area contributed by atoms with Gasteiger partial charge in [-0.3, -0.25) is 14.5 Å². The van der Waals surface area contributed by atoms with Gasteiger partial charge in [0.15, 0.2) is 0 Å². The number of piperidine rings is 1. The molecule has 0 aromatic heterocycles. The molecular weight excluding hydrogens is 318 g/mol. The van der Waals surface area contributed by atoms with Crippen molar-refractivity contribution in [1.29, 1.82) is 0 Å². The first-order valence-corrected chi connectivity index (χ1v) is 9.00. The Morgan fingerprint density at radius 3 is 2.64 bits per heavy atom. The average Bonchev–Trinajstić information content (AvgIpc) is 2.55. The Bertz CT molecular complexity index is 620. The number of nitrogens with zero attached hydrogens (tertiary/aromatic N) is 2. The summed E-state index contributed by atoms with van der Waals surface area (Å²) in [5, 5.41) is 2.90. The zero-order valence-electron chi connectivity index (χ0n) is 15.0. The van der Waals surface area contributed by atoms with Crippen LogP contribution in [0.2, 0.25) is 0 Å². The number of amides is 2. The fourth-order valence-electron chi connectivity index (χ4n) is 3.30. The maximum absolute atomic E-state index is 12.3. The van der Waals surface area contributed by atoms with Crippen molar-refractivity contribution >= 4 is 17.5 Å². The van der Waals surface area contributed by atoms with Crippen LogP contribution in [0.4, 0.5) is 5.69 Å². The topological polar surface area (TPSA) is 61.9 Å². The summed E-state index contributed by atoms with van der Waals surface area (Å²) < 4.78 is 5.16. The molecule has 2 heterocycles. The van der Waals surface area contributed by atoms with Gasteiger partial charge in [-0.05, 0) is 44.0 Å². The second-order valence-electron chi connectivity index (χ2n) is 7.18. The Balaban J connectivity index is 1.42. The van der Waals surface area contributed by atoms with Gasteiger partial charge < -0.3 is 15.0 Å². The first-order chi connectivity index (χ1) is 12.0. The zero-order chi connectivity index (χ0) is 17.8. The number of hydrogen-bond acceptors (Lipinski definition) is 4. The molecule has 1 aromatic carbocycles. The van der Waals surface area contributed by atoms with Crippen LogP contribution in [0.25, 0.3) is 0 Å². The van der Waals surface area contributed by atoms with Crippen LogP contribution in [0.3, 0.4) is 0 Å². The van der Waals surface area contributed by atoms with E-state index in [9.17, 15) is 9.59 Å². The van der Waals surface area contributed by atoms with Gasteiger partial charge in [0.05, 0.1) is 19.6 Å². The Hall–Kier alpha value is -2.08. The van der Waals surface area contributed by atoms with E-state index in [1.165, 1.54) is 12.8 Å². The maximum Gasteiger partial charge on any atom is 0.236 e. The molecule has 2 aliphatic rings. The number of carbonyl (C=O) groups excluding carboxylic acids is 2. The van der Waals surface area contributed by atoms with E-state index in [2.05, 4.69) is 17.1 Å². The monoisotopic (exact) mass is 345 g/mol. The predicted octanol–water partition coefficient (Wildman–Crippen LogP) is 1.82. The van der Waals surface area contributed by atoms with Crippen molar-refractivity contribution in [3.63, 3.8) is 0 Å². The number of likely N-dealkylation sites (tertiary alicyclic amines) is 2. The molecule has 3 rings (SSSR count). The molecule has 1 aromatic rings. The fraction of sp³-hybridized carbons (Fsp3) is 0.579. The number of hydrogen-bond donors (Lipinski definition) is 1. The van der Waals surface area contributed by atoms with E-state index in [0.717, 1.165) is 24.7 Å². The summed E-state index contributed by atoms with van der Waals surface area (Å²) in [5.74, 6) is 1.44. The lowest BCUT2D eigenvalue weighted by molar-refractivity contribution is -0.142. The van der Waals surface area contributed by atoms with Gasteiger partial charge in [-0.1, -0.05) is 13.0 Å². The first-order valence-electron chi connectivity index (χ1n) is 9.00. The van der Waals surface area contributed by atoms with Gasteiger partial charge in [0.2, 0.25) is 11.8 Å². The van der Waals surface area contributed by atoms with Crippen molar-refractivity contribution in [2.45, 2.75) is 19.8 Å². The Labute approximate surface area is 149 Å². The number of benzene rings is 1. The van der Waals surface area contributed by atoms with E-state index >= 15 is 0 Å². The van der Waals surface area contributed by atoms with E-state index in [1.807, 2.05) is 18.2 Å². The normalized spacial score (nSPS) is 19.4. The van der Waals surface area contributed by atoms with Crippen molar-refractivity contribution < 1.29 is 14.3 Å². The van der Waals surface area contributed by atoms with Crippen LogP contribution in [-0.2, 0) is 9.59 Å². The first kappa shape index (κ1) is 17.7. The van der Waals surface area contributed by atoms with Crippen LogP contribution in [0.15, 0.2) is 24.3 Å². The smallest absolute Gasteiger partial charge is 0.236 e. The second-order valence-corrected chi connectivity index (χ2v) is 7.18. The molecule has 0 spiro atoms. The lowest BCUT2D eigenvalue weighted by Gasteiger charge is -2.40. The lowest BCUT2D eigenvalue weighted by Crippen LogP contribution is -2.56. The summed E-state index contributed by atoms with van der Waals surface area (Å²) in [7, 11) is 1.60. The largest absolute Gasteiger partial charge is 0.497 e. The van der Waals surface area contributed by atoms with Crippen molar-refractivity contribution in [3.05, 3.63) is 24.3 Å². The highest BCUT2D eigenvalue weighted by atomic mass is 16.5. The molecule has 2 saturated heterocycles.